The summed E-state index contributed by atoms with van der Waals surface area (Å²) < 4.78 is 6.92. The summed E-state index contributed by atoms with van der Waals surface area (Å²) in [6.07, 6.45) is 1.09. The highest BCUT2D eigenvalue weighted by atomic mass is 31.1. The van der Waals surface area contributed by atoms with Crippen molar-refractivity contribution in [1.29, 1.82) is 0 Å². The van der Waals surface area contributed by atoms with Crippen molar-refractivity contribution in [3.63, 3.8) is 0 Å². The zero-order chi connectivity index (χ0) is 29.5. The zero-order valence-electron chi connectivity index (χ0n) is 25.5. The predicted molar refractivity (Wildman–Crippen MR) is 189 cm³/mol. The van der Waals surface area contributed by atoms with Crippen LogP contribution in [0.1, 0.15) is 30.5 Å². The van der Waals surface area contributed by atoms with E-state index >= 15 is 0 Å². The average molecular weight is 605 g/mol. The van der Waals surface area contributed by atoms with Crippen molar-refractivity contribution < 1.29 is 4.42 Å². The van der Waals surface area contributed by atoms with Gasteiger partial charge in [-0.3, -0.25) is 0 Å². The van der Waals surface area contributed by atoms with Crippen LogP contribution in [0.25, 0.3) is 11.0 Å². The number of fused-ring (bicyclic) bond motifs is 8. The smallest absolute Gasteiger partial charge is 0.135 e. The van der Waals surface area contributed by atoms with E-state index in [2.05, 4.69) is 140 Å². The third-order valence-corrected chi connectivity index (χ3v) is 17.2. The molecule has 0 aliphatic carbocycles. The summed E-state index contributed by atoms with van der Waals surface area (Å²) in [7, 11) is -2.99. The first-order valence-corrected chi connectivity index (χ1v) is 20.1. The second kappa shape index (κ2) is 8.32. The van der Waals surface area contributed by atoms with Crippen LogP contribution in [0.5, 0.6) is 0 Å². The molecule has 0 fully saturated rings. The fourth-order valence-electron chi connectivity index (χ4n) is 8.71. The van der Waals surface area contributed by atoms with Gasteiger partial charge in [0.05, 0.1) is 22.7 Å². The first kappa shape index (κ1) is 25.2. The van der Waals surface area contributed by atoms with Crippen molar-refractivity contribution in [2.24, 2.45) is 0 Å². The number of rotatable bonds is 1. The van der Waals surface area contributed by atoms with Gasteiger partial charge in [-0.15, -0.1) is 0 Å². The summed E-state index contributed by atoms with van der Waals surface area (Å²) in [5.41, 5.74) is 13.1. The van der Waals surface area contributed by atoms with Crippen LogP contribution < -0.4 is 36.3 Å². The van der Waals surface area contributed by atoms with E-state index in [0.29, 0.717) is 0 Å². The molecule has 5 aromatic carbocycles. The predicted octanol–water partition coefficient (Wildman–Crippen LogP) is 7.44. The van der Waals surface area contributed by atoms with Gasteiger partial charge in [0.25, 0.3) is 0 Å². The fourth-order valence-corrected chi connectivity index (χ4v) is 16.7. The van der Waals surface area contributed by atoms with Gasteiger partial charge in [-0.1, -0.05) is 99.7 Å². The molecule has 0 radical (unpaired) electrons. The molecule has 10 rings (SSSR count). The molecule has 4 aliphatic heterocycles. The third kappa shape index (κ3) is 2.96. The van der Waals surface area contributed by atoms with E-state index in [9.17, 15) is 0 Å². The first-order valence-electron chi connectivity index (χ1n) is 15.7. The van der Waals surface area contributed by atoms with Gasteiger partial charge in [0, 0.05) is 41.6 Å². The van der Waals surface area contributed by atoms with Gasteiger partial charge in [0.1, 0.15) is 19.2 Å². The second-order valence-electron chi connectivity index (χ2n) is 13.8. The van der Waals surface area contributed by atoms with E-state index in [4.69, 9.17) is 4.42 Å². The number of furan rings is 1. The highest BCUT2D eigenvalue weighted by molar-refractivity contribution is 7.82. The molecule has 0 N–H and O–H groups in total. The maximum Gasteiger partial charge on any atom is 0.135 e. The molecule has 1 unspecified atom stereocenters. The van der Waals surface area contributed by atoms with Gasteiger partial charge in [-0.25, -0.2) is 0 Å². The Morgan fingerprint density at radius 3 is 2.25 bits per heavy atom. The summed E-state index contributed by atoms with van der Waals surface area (Å²) in [5.74, 6) is 0. The van der Waals surface area contributed by atoms with E-state index in [1.54, 1.807) is 5.19 Å². The van der Waals surface area contributed by atoms with Crippen LogP contribution in [0, 0.1) is 0 Å². The Hall–Kier alpha value is -4.11. The fraction of sp³-hybridized carbons (Fsp3) is 0.179. The van der Waals surface area contributed by atoms with Crippen molar-refractivity contribution in [2.75, 3.05) is 16.3 Å². The molecule has 214 valence electrons. The summed E-state index contributed by atoms with van der Waals surface area (Å²) in [6.45, 7) is 10.9. The summed E-state index contributed by atoms with van der Waals surface area (Å²) in [6, 6.07) is 38.9. The first-order chi connectivity index (χ1) is 21.4. The minimum absolute atomic E-state index is 0.0814. The number of nitrogens with zero attached hydrogens (tertiary/aromatic N) is 2. The van der Waals surface area contributed by atoms with Crippen molar-refractivity contribution in [3.8, 4) is 0 Å². The van der Waals surface area contributed by atoms with Crippen molar-refractivity contribution in [2.45, 2.75) is 38.8 Å². The zero-order valence-corrected chi connectivity index (χ0v) is 27.4. The Morgan fingerprint density at radius 1 is 0.773 bits per heavy atom. The minimum Gasteiger partial charge on any atom is -0.456 e. The lowest BCUT2D eigenvalue weighted by molar-refractivity contribution is 0.632. The molecular formula is C39H33N2OPSi. The van der Waals surface area contributed by atoms with Gasteiger partial charge in [0.2, 0.25) is 0 Å². The van der Waals surface area contributed by atoms with Gasteiger partial charge in [-0.2, -0.15) is 0 Å². The molecule has 4 aliphatic rings. The van der Waals surface area contributed by atoms with Crippen LogP contribution in [0.15, 0.2) is 108 Å². The standard InChI is InChI=1S/C39H33N2OPSi/c1-39(2)27-14-6-8-16-29(27)41(30-17-9-7-15-28(30)39)25-22-31-36-34(23-25)44(3,4)37-26-13-5-10-18-32(26)42-38(37)43(36)33-19-11-12-24-20-21-40(31)35(24)33/h5-19,22-23H,20-21H2,1-4H3. The lowest BCUT2D eigenvalue weighted by Crippen LogP contribution is -2.66. The molecule has 3 nitrogen and oxygen atoms in total. The Balaban J connectivity index is 1.32. The Morgan fingerprint density at radius 2 is 1.48 bits per heavy atom. The monoisotopic (exact) mass is 604 g/mol. The molecule has 0 saturated heterocycles. The van der Waals surface area contributed by atoms with Crippen molar-refractivity contribution in [1.82, 2.24) is 0 Å². The SMILES string of the molecule is CC1(C)c2ccccc2N(c2cc3c4c(c2)[Si](C)(C)c2c(oc5ccccc25)P4c2cccc4c2N3CC4)c2ccccc21. The van der Waals surface area contributed by atoms with Gasteiger partial charge < -0.3 is 14.2 Å². The molecule has 0 saturated carbocycles. The van der Waals surface area contributed by atoms with Gasteiger partial charge >= 0.3 is 0 Å². The van der Waals surface area contributed by atoms with E-state index in [1.165, 1.54) is 71.8 Å². The quantitative estimate of drug-likeness (QED) is 0.144. The number of benzene rings is 5. The highest BCUT2D eigenvalue weighted by Gasteiger charge is 2.50. The summed E-state index contributed by atoms with van der Waals surface area (Å²) in [5, 5.41) is 7.39. The van der Waals surface area contributed by atoms with E-state index in [1.807, 2.05) is 0 Å². The molecule has 5 heteroatoms. The second-order valence-corrected chi connectivity index (χ2v) is 20.1. The Labute approximate surface area is 260 Å². The Bertz CT molecular complexity index is 2180. The van der Waals surface area contributed by atoms with Crippen LogP contribution >= 0.6 is 7.92 Å². The molecular weight excluding hydrogens is 572 g/mol. The normalized spacial score (nSPS) is 19.2. The molecule has 1 aromatic heterocycles. The minimum atomic E-state index is -2.18. The maximum atomic E-state index is 6.92. The van der Waals surface area contributed by atoms with Crippen LogP contribution in [-0.2, 0) is 11.8 Å². The molecule has 0 spiro atoms. The molecule has 0 amide bonds. The summed E-state index contributed by atoms with van der Waals surface area (Å²) >= 11 is 0. The number of hydrogen-bond donors (Lipinski definition) is 0. The number of hydrogen-bond acceptors (Lipinski definition) is 3. The van der Waals surface area contributed by atoms with E-state index in [0.717, 1.165) is 18.5 Å². The topological polar surface area (TPSA) is 19.6 Å². The number of para-hydroxylation sites is 4. The molecule has 44 heavy (non-hydrogen) atoms. The largest absolute Gasteiger partial charge is 0.456 e. The molecule has 0 bridgehead atoms. The van der Waals surface area contributed by atoms with Gasteiger partial charge in [0.15, 0.2) is 0 Å². The maximum absolute atomic E-state index is 6.92. The highest BCUT2D eigenvalue weighted by Crippen LogP contribution is 2.55. The van der Waals surface area contributed by atoms with Crippen molar-refractivity contribution >= 4 is 81.9 Å². The average Bonchev–Trinajstić information content (AvgIpc) is 3.65. The van der Waals surface area contributed by atoms with Crippen LogP contribution in [0.3, 0.4) is 0 Å². The van der Waals surface area contributed by atoms with Crippen LogP contribution in [0.2, 0.25) is 13.1 Å². The third-order valence-electron chi connectivity index (χ3n) is 10.8. The Kier molecular flexibility index (Phi) is 4.77. The van der Waals surface area contributed by atoms with E-state index in [-0.39, 0.29) is 5.41 Å². The van der Waals surface area contributed by atoms with Crippen LogP contribution in [-0.4, -0.2) is 14.6 Å². The molecule has 5 heterocycles. The lowest BCUT2D eigenvalue weighted by Gasteiger charge is -2.45. The number of anilines is 5. The van der Waals surface area contributed by atoms with Crippen molar-refractivity contribution in [3.05, 3.63) is 120 Å². The molecule has 1 atom stereocenters. The van der Waals surface area contributed by atoms with E-state index < -0.39 is 16.0 Å². The van der Waals surface area contributed by atoms with Gasteiger partial charge in [-0.05, 0) is 63.8 Å². The van der Waals surface area contributed by atoms with Crippen LogP contribution in [0.4, 0.5) is 28.4 Å². The summed E-state index contributed by atoms with van der Waals surface area (Å²) in [4.78, 5) is 5.20. The lowest BCUT2D eigenvalue weighted by atomic mass is 9.73. The molecule has 6 aromatic rings.